The molecule has 3 aromatic rings. The van der Waals surface area contributed by atoms with E-state index in [-0.39, 0.29) is 11.9 Å². The maximum atomic E-state index is 12.0. The highest BCUT2D eigenvalue weighted by molar-refractivity contribution is 5.95. The number of carbonyl (C=O) groups is 1. The van der Waals surface area contributed by atoms with E-state index >= 15 is 0 Å². The van der Waals surface area contributed by atoms with Gasteiger partial charge in [-0.25, -0.2) is 4.52 Å². The minimum atomic E-state index is -0.00597. The van der Waals surface area contributed by atoms with Gasteiger partial charge in [-0.1, -0.05) is 12.1 Å². The SMILES string of the molecule is Nc1nc2ccc(-c3ccc(C(=O)NC4CC4)cc3)cn2n1. The summed E-state index contributed by atoms with van der Waals surface area (Å²) in [7, 11) is 0. The number of hydrogen-bond donors (Lipinski definition) is 2. The Morgan fingerprint density at radius 2 is 1.86 bits per heavy atom. The van der Waals surface area contributed by atoms with Crippen molar-refractivity contribution in [1.29, 1.82) is 0 Å². The maximum Gasteiger partial charge on any atom is 0.251 e. The highest BCUT2D eigenvalue weighted by Gasteiger charge is 2.23. The Balaban J connectivity index is 1.61. The number of rotatable bonds is 3. The van der Waals surface area contributed by atoms with Gasteiger partial charge in [-0.3, -0.25) is 4.79 Å². The monoisotopic (exact) mass is 293 g/mol. The topological polar surface area (TPSA) is 85.3 Å². The fourth-order valence-corrected chi connectivity index (χ4v) is 2.38. The molecule has 1 amide bonds. The van der Waals surface area contributed by atoms with E-state index in [0.29, 0.717) is 17.3 Å². The number of hydrogen-bond acceptors (Lipinski definition) is 4. The smallest absolute Gasteiger partial charge is 0.251 e. The molecule has 22 heavy (non-hydrogen) atoms. The highest BCUT2D eigenvalue weighted by atomic mass is 16.1. The molecular formula is C16H15N5O. The standard InChI is InChI=1S/C16H15N5O/c17-16-19-14-8-5-12(9-21(14)20-16)10-1-3-11(4-2-10)15(22)18-13-6-7-13/h1-5,8-9,13H,6-7H2,(H2,17,20)(H,18,22). The fraction of sp³-hybridized carbons (Fsp3) is 0.188. The lowest BCUT2D eigenvalue weighted by Crippen LogP contribution is -2.25. The first-order valence-corrected chi connectivity index (χ1v) is 7.22. The molecular weight excluding hydrogens is 278 g/mol. The first-order chi connectivity index (χ1) is 10.7. The van der Waals surface area contributed by atoms with E-state index in [1.165, 1.54) is 0 Å². The molecule has 4 rings (SSSR count). The van der Waals surface area contributed by atoms with Crippen LogP contribution in [0.25, 0.3) is 16.8 Å². The van der Waals surface area contributed by atoms with E-state index in [1.54, 1.807) is 4.52 Å². The molecule has 0 bridgehead atoms. The number of aromatic nitrogens is 3. The van der Waals surface area contributed by atoms with Crippen molar-refractivity contribution in [3.05, 3.63) is 48.2 Å². The second-order valence-electron chi connectivity index (χ2n) is 5.52. The van der Waals surface area contributed by atoms with Gasteiger partial charge in [-0.05, 0) is 42.7 Å². The number of carbonyl (C=O) groups excluding carboxylic acids is 1. The predicted octanol–water partition coefficient (Wildman–Crippen LogP) is 1.87. The van der Waals surface area contributed by atoms with Gasteiger partial charge in [0.1, 0.15) is 0 Å². The van der Waals surface area contributed by atoms with Crippen LogP contribution in [0.15, 0.2) is 42.6 Å². The zero-order valence-corrected chi connectivity index (χ0v) is 11.9. The average Bonchev–Trinajstić information content (AvgIpc) is 3.25. The molecule has 110 valence electrons. The number of pyridine rings is 1. The zero-order chi connectivity index (χ0) is 15.1. The van der Waals surface area contributed by atoms with E-state index in [2.05, 4.69) is 15.4 Å². The molecule has 0 atom stereocenters. The van der Waals surface area contributed by atoms with Crippen LogP contribution in [0.2, 0.25) is 0 Å². The second kappa shape index (κ2) is 4.84. The Kier molecular flexibility index (Phi) is 2.82. The van der Waals surface area contributed by atoms with E-state index in [9.17, 15) is 4.79 Å². The van der Waals surface area contributed by atoms with Gasteiger partial charge in [-0.15, -0.1) is 5.10 Å². The second-order valence-corrected chi connectivity index (χ2v) is 5.52. The molecule has 0 spiro atoms. The number of benzene rings is 1. The highest BCUT2D eigenvalue weighted by Crippen LogP contribution is 2.22. The van der Waals surface area contributed by atoms with Crippen molar-refractivity contribution in [3.8, 4) is 11.1 Å². The Bertz CT molecular complexity index is 849. The first-order valence-electron chi connectivity index (χ1n) is 7.22. The van der Waals surface area contributed by atoms with Crippen LogP contribution in [0.1, 0.15) is 23.2 Å². The molecule has 0 radical (unpaired) electrons. The summed E-state index contributed by atoms with van der Waals surface area (Å²) in [6.45, 7) is 0. The van der Waals surface area contributed by atoms with Crippen LogP contribution in [-0.4, -0.2) is 26.5 Å². The molecule has 6 heteroatoms. The number of nitrogens with two attached hydrogens (primary N) is 1. The van der Waals surface area contributed by atoms with Crippen LogP contribution >= 0.6 is 0 Å². The third-order valence-electron chi connectivity index (χ3n) is 3.74. The van der Waals surface area contributed by atoms with Gasteiger partial charge >= 0.3 is 0 Å². The Labute approximate surface area is 127 Å². The molecule has 0 unspecified atom stereocenters. The van der Waals surface area contributed by atoms with Crippen molar-refractivity contribution in [1.82, 2.24) is 19.9 Å². The van der Waals surface area contributed by atoms with Crippen molar-refractivity contribution in [2.45, 2.75) is 18.9 Å². The van der Waals surface area contributed by atoms with Crippen LogP contribution in [0.5, 0.6) is 0 Å². The summed E-state index contributed by atoms with van der Waals surface area (Å²) in [5.41, 5.74) is 8.99. The van der Waals surface area contributed by atoms with Crippen LogP contribution in [0.3, 0.4) is 0 Å². The predicted molar refractivity (Wildman–Crippen MR) is 83.3 cm³/mol. The number of fused-ring (bicyclic) bond motifs is 1. The molecule has 0 aliphatic heterocycles. The largest absolute Gasteiger partial charge is 0.366 e. The number of nitrogens with one attached hydrogen (secondary N) is 1. The Morgan fingerprint density at radius 3 is 2.59 bits per heavy atom. The van der Waals surface area contributed by atoms with E-state index < -0.39 is 0 Å². The summed E-state index contributed by atoms with van der Waals surface area (Å²) in [5.74, 6) is 0.248. The minimum Gasteiger partial charge on any atom is -0.366 e. The number of anilines is 1. The molecule has 2 heterocycles. The molecule has 0 saturated heterocycles. The third kappa shape index (κ3) is 2.39. The molecule has 1 saturated carbocycles. The lowest BCUT2D eigenvalue weighted by atomic mass is 10.1. The van der Waals surface area contributed by atoms with E-state index in [4.69, 9.17) is 5.73 Å². The summed E-state index contributed by atoms with van der Waals surface area (Å²) < 4.78 is 1.65. The molecule has 2 aromatic heterocycles. The van der Waals surface area contributed by atoms with Crippen molar-refractivity contribution in [2.24, 2.45) is 0 Å². The molecule has 1 aliphatic rings. The van der Waals surface area contributed by atoms with Gasteiger partial charge in [0.25, 0.3) is 5.91 Å². The normalized spacial score (nSPS) is 14.2. The fourth-order valence-electron chi connectivity index (χ4n) is 2.38. The number of nitrogens with zero attached hydrogens (tertiary/aromatic N) is 3. The van der Waals surface area contributed by atoms with Gasteiger partial charge in [0.15, 0.2) is 5.65 Å². The lowest BCUT2D eigenvalue weighted by Gasteiger charge is -2.05. The third-order valence-corrected chi connectivity index (χ3v) is 3.74. The molecule has 3 N–H and O–H groups in total. The molecule has 1 aliphatic carbocycles. The average molecular weight is 293 g/mol. The summed E-state index contributed by atoms with van der Waals surface area (Å²) in [6, 6.07) is 11.7. The van der Waals surface area contributed by atoms with Gasteiger partial charge in [0.05, 0.1) is 0 Å². The Morgan fingerprint density at radius 1 is 1.14 bits per heavy atom. The lowest BCUT2D eigenvalue weighted by molar-refractivity contribution is 0.0951. The maximum absolute atomic E-state index is 12.0. The van der Waals surface area contributed by atoms with Gasteiger partial charge in [-0.2, -0.15) is 4.98 Å². The molecule has 6 nitrogen and oxygen atoms in total. The van der Waals surface area contributed by atoms with Crippen LogP contribution in [-0.2, 0) is 0 Å². The van der Waals surface area contributed by atoms with Gasteiger partial charge in [0.2, 0.25) is 5.95 Å². The molecule has 1 aromatic carbocycles. The summed E-state index contributed by atoms with van der Waals surface area (Å²) in [5, 5.41) is 7.09. The van der Waals surface area contributed by atoms with Crippen molar-refractivity contribution in [2.75, 3.05) is 5.73 Å². The quantitative estimate of drug-likeness (QED) is 0.772. The van der Waals surface area contributed by atoms with Crippen LogP contribution < -0.4 is 11.1 Å². The summed E-state index contributed by atoms with van der Waals surface area (Å²) >= 11 is 0. The van der Waals surface area contributed by atoms with E-state index in [0.717, 1.165) is 24.0 Å². The van der Waals surface area contributed by atoms with Crippen molar-refractivity contribution < 1.29 is 4.79 Å². The minimum absolute atomic E-state index is 0.00597. The summed E-state index contributed by atoms with van der Waals surface area (Å²) in [4.78, 5) is 16.1. The molecule has 1 fully saturated rings. The summed E-state index contributed by atoms with van der Waals surface area (Å²) in [6.07, 6.45) is 4.05. The van der Waals surface area contributed by atoms with Gasteiger partial charge in [0, 0.05) is 23.4 Å². The Hall–Kier alpha value is -2.89. The van der Waals surface area contributed by atoms with Crippen molar-refractivity contribution >= 4 is 17.5 Å². The van der Waals surface area contributed by atoms with Crippen LogP contribution in [0.4, 0.5) is 5.95 Å². The zero-order valence-electron chi connectivity index (χ0n) is 11.9. The number of amides is 1. The van der Waals surface area contributed by atoms with Crippen molar-refractivity contribution in [3.63, 3.8) is 0 Å². The first kappa shape index (κ1) is 12.8. The number of nitrogen functional groups attached to an aromatic ring is 1. The van der Waals surface area contributed by atoms with Gasteiger partial charge < -0.3 is 11.1 Å². The van der Waals surface area contributed by atoms with E-state index in [1.807, 2.05) is 42.6 Å². The van der Waals surface area contributed by atoms with Crippen LogP contribution in [0, 0.1) is 0 Å².